The lowest BCUT2D eigenvalue weighted by Gasteiger charge is -2.13. The molecule has 0 aliphatic carbocycles. The molecule has 2 rings (SSSR count). The highest BCUT2D eigenvalue weighted by Gasteiger charge is 2.07. The van der Waals surface area contributed by atoms with E-state index in [1.54, 1.807) is 24.3 Å². The van der Waals surface area contributed by atoms with Gasteiger partial charge in [-0.15, -0.1) is 0 Å². The highest BCUT2D eigenvalue weighted by atomic mass is 16.5. The molecule has 0 aliphatic rings. The Morgan fingerprint density at radius 1 is 1.00 bits per heavy atom. The Labute approximate surface area is 105 Å². The van der Waals surface area contributed by atoms with Crippen LogP contribution in [0, 0.1) is 0 Å². The molecule has 4 nitrogen and oxygen atoms in total. The number of ether oxygens (including phenoxy) is 1. The van der Waals surface area contributed by atoms with Gasteiger partial charge >= 0.3 is 6.09 Å². The molecule has 0 unspecified atom stereocenters. The zero-order chi connectivity index (χ0) is 13.0. The fourth-order valence-corrected chi connectivity index (χ4v) is 1.47. The third-order valence-electron chi connectivity index (χ3n) is 2.49. The summed E-state index contributed by atoms with van der Waals surface area (Å²) < 4.78 is 5.61. The van der Waals surface area contributed by atoms with E-state index in [0.29, 0.717) is 11.4 Å². The average Bonchev–Trinajstić information content (AvgIpc) is 2.40. The van der Waals surface area contributed by atoms with Crippen LogP contribution in [0.3, 0.4) is 0 Å². The first-order valence-corrected chi connectivity index (χ1v) is 5.46. The van der Waals surface area contributed by atoms with E-state index in [2.05, 4.69) is 0 Å². The molecule has 0 fully saturated rings. The van der Waals surface area contributed by atoms with Crippen molar-refractivity contribution >= 4 is 11.8 Å². The van der Waals surface area contributed by atoms with Gasteiger partial charge in [-0.25, -0.2) is 4.79 Å². The molecular formula is C14H13NO3. The quantitative estimate of drug-likeness (QED) is 0.896. The van der Waals surface area contributed by atoms with E-state index in [-0.39, 0.29) is 0 Å². The number of rotatable bonds is 3. The van der Waals surface area contributed by atoms with E-state index in [0.717, 1.165) is 10.6 Å². The number of carbonyl (C=O) groups is 1. The third-order valence-corrected chi connectivity index (χ3v) is 2.49. The van der Waals surface area contributed by atoms with Crippen molar-refractivity contribution < 1.29 is 14.6 Å². The van der Waals surface area contributed by atoms with Gasteiger partial charge in [0.2, 0.25) is 0 Å². The van der Waals surface area contributed by atoms with Gasteiger partial charge in [-0.3, -0.25) is 4.90 Å². The van der Waals surface area contributed by atoms with Crippen LogP contribution < -0.4 is 9.64 Å². The second kappa shape index (κ2) is 5.23. The summed E-state index contributed by atoms with van der Waals surface area (Å²) in [5.74, 6) is 1.42. The van der Waals surface area contributed by atoms with Crippen molar-refractivity contribution in [1.29, 1.82) is 0 Å². The summed E-state index contributed by atoms with van der Waals surface area (Å²) in [5.41, 5.74) is 0.600. The van der Waals surface area contributed by atoms with Crippen molar-refractivity contribution in [3.63, 3.8) is 0 Å². The maximum atomic E-state index is 10.8. The number of carboxylic acid groups (broad SMARTS) is 1. The molecule has 0 radical (unpaired) electrons. The number of nitrogens with zero attached hydrogens (tertiary/aromatic N) is 1. The molecule has 0 aromatic heterocycles. The van der Waals surface area contributed by atoms with Gasteiger partial charge in [0, 0.05) is 12.7 Å². The minimum Gasteiger partial charge on any atom is -0.465 e. The monoisotopic (exact) mass is 243 g/mol. The van der Waals surface area contributed by atoms with E-state index < -0.39 is 6.09 Å². The summed E-state index contributed by atoms with van der Waals surface area (Å²) in [6.45, 7) is 0. The number of hydrogen-bond acceptors (Lipinski definition) is 2. The molecule has 2 aromatic carbocycles. The van der Waals surface area contributed by atoms with Crippen molar-refractivity contribution in [2.24, 2.45) is 0 Å². The van der Waals surface area contributed by atoms with Gasteiger partial charge in [-0.05, 0) is 36.4 Å². The minimum absolute atomic E-state index is 0.600. The molecule has 0 heterocycles. The lowest BCUT2D eigenvalue weighted by Crippen LogP contribution is -2.23. The first kappa shape index (κ1) is 12.0. The Balaban J connectivity index is 2.11. The van der Waals surface area contributed by atoms with Gasteiger partial charge in [0.15, 0.2) is 0 Å². The van der Waals surface area contributed by atoms with Gasteiger partial charge in [0.05, 0.1) is 0 Å². The van der Waals surface area contributed by atoms with E-state index in [1.165, 1.54) is 7.05 Å². The highest BCUT2D eigenvalue weighted by molar-refractivity contribution is 5.85. The summed E-state index contributed by atoms with van der Waals surface area (Å²) in [6, 6.07) is 16.3. The Kier molecular flexibility index (Phi) is 3.48. The van der Waals surface area contributed by atoms with Crippen LogP contribution >= 0.6 is 0 Å². The van der Waals surface area contributed by atoms with Crippen LogP contribution in [0.2, 0.25) is 0 Å². The van der Waals surface area contributed by atoms with Crippen molar-refractivity contribution in [2.45, 2.75) is 0 Å². The van der Waals surface area contributed by atoms with Crippen LogP contribution in [-0.2, 0) is 0 Å². The molecule has 0 aliphatic heterocycles. The topological polar surface area (TPSA) is 49.8 Å². The molecule has 92 valence electrons. The molecule has 0 saturated carbocycles. The predicted octanol–water partition coefficient (Wildman–Crippen LogP) is 3.59. The predicted molar refractivity (Wildman–Crippen MR) is 69.4 cm³/mol. The lowest BCUT2D eigenvalue weighted by molar-refractivity contribution is 0.203. The molecule has 1 N–H and O–H groups in total. The zero-order valence-corrected chi connectivity index (χ0v) is 9.91. The lowest BCUT2D eigenvalue weighted by atomic mass is 10.3. The van der Waals surface area contributed by atoms with Crippen LogP contribution in [0.15, 0.2) is 54.6 Å². The molecule has 0 bridgehead atoms. The van der Waals surface area contributed by atoms with Gasteiger partial charge < -0.3 is 9.84 Å². The maximum absolute atomic E-state index is 10.8. The van der Waals surface area contributed by atoms with E-state index in [4.69, 9.17) is 9.84 Å². The molecule has 1 amide bonds. The third kappa shape index (κ3) is 2.79. The summed E-state index contributed by atoms with van der Waals surface area (Å²) >= 11 is 0. The first-order valence-electron chi connectivity index (χ1n) is 5.46. The minimum atomic E-state index is -0.994. The van der Waals surface area contributed by atoms with Gasteiger partial charge in [0.1, 0.15) is 11.5 Å². The fraction of sp³-hybridized carbons (Fsp3) is 0.0714. The Morgan fingerprint density at radius 3 is 2.11 bits per heavy atom. The fourth-order valence-electron chi connectivity index (χ4n) is 1.47. The SMILES string of the molecule is CN(C(=O)O)c1ccc(Oc2ccccc2)cc1. The zero-order valence-electron chi connectivity index (χ0n) is 9.91. The number of benzene rings is 2. The largest absolute Gasteiger partial charge is 0.465 e. The number of hydrogen-bond donors (Lipinski definition) is 1. The molecule has 4 heteroatoms. The van der Waals surface area contributed by atoms with Crippen LogP contribution in [0.4, 0.5) is 10.5 Å². The summed E-state index contributed by atoms with van der Waals surface area (Å²) in [6.07, 6.45) is -0.994. The van der Waals surface area contributed by atoms with Crippen molar-refractivity contribution in [2.75, 3.05) is 11.9 Å². The van der Waals surface area contributed by atoms with Crippen LogP contribution in [0.1, 0.15) is 0 Å². The second-order valence-electron chi connectivity index (χ2n) is 3.75. The number of para-hydroxylation sites is 1. The molecule has 2 aromatic rings. The number of amides is 1. The van der Waals surface area contributed by atoms with Crippen LogP contribution in [0.5, 0.6) is 11.5 Å². The Morgan fingerprint density at radius 2 is 1.56 bits per heavy atom. The smallest absolute Gasteiger partial charge is 0.411 e. The summed E-state index contributed by atoms with van der Waals surface area (Å²) in [5, 5.41) is 8.83. The second-order valence-corrected chi connectivity index (χ2v) is 3.75. The standard InChI is InChI=1S/C14H13NO3/c1-15(14(16)17)11-7-9-13(10-8-11)18-12-5-3-2-4-6-12/h2-10H,1H3,(H,16,17). The van der Waals surface area contributed by atoms with Crippen molar-refractivity contribution in [3.05, 3.63) is 54.6 Å². The van der Waals surface area contributed by atoms with Gasteiger partial charge in [0.25, 0.3) is 0 Å². The molecule has 0 atom stereocenters. The Hall–Kier alpha value is -2.49. The summed E-state index contributed by atoms with van der Waals surface area (Å²) in [4.78, 5) is 11.9. The normalized spacial score (nSPS) is 9.83. The molecular weight excluding hydrogens is 230 g/mol. The van der Waals surface area contributed by atoms with Crippen LogP contribution in [0.25, 0.3) is 0 Å². The average molecular weight is 243 g/mol. The first-order chi connectivity index (χ1) is 8.66. The molecule has 0 spiro atoms. The Bertz CT molecular complexity index is 522. The number of anilines is 1. The summed E-state index contributed by atoms with van der Waals surface area (Å²) in [7, 11) is 1.50. The van der Waals surface area contributed by atoms with Crippen LogP contribution in [-0.4, -0.2) is 18.2 Å². The van der Waals surface area contributed by atoms with E-state index in [9.17, 15) is 4.79 Å². The van der Waals surface area contributed by atoms with Gasteiger partial charge in [-0.2, -0.15) is 0 Å². The highest BCUT2D eigenvalue weighted by Crippen LogP contribution is 2.23. The molecule has 0 saturated heterocycles. The van der Waals surface area contributed by atoms with E-state index >= 15 is 0 Å². The van der Waals surface area contributed by atoms with Gasteiger partial charge in [-0.1, -0.05) is 18.2 Å². The van der Waals surface area contributed by atoms with Crippen molar-refractivity contribution in [1.82, 2.24) is 0 Å². The molecule has 18 heavy (non-hydrogen) atoms. The van der Waals surface area contributed by atoms with E-state index in [1.807, 2.05) is 30.3 Å². The maximum Gasteiger partial charge on any atom is 0.411 e. The van der Waals surface area contributed by atoms with Crippen molar-refractivity contribution in [3.8, 4) is 11.5 Å².